The summed E-state index contributed by atoms with van der Waals surface area (Å²) in [6, 6.07) is 0. The average Bonchev–Trinajstić information content (AvgIpc) is 2.62. The molecule has 1 aromatic heterocycles. The highest BCUT2D eigenvalue weighted by Gasteiger charge is 2.17. The van der Waals surface area contributed by atoms with Gasteiger partial charge in [0.05, 0.1) is 17.4 Å². The molecule has 0 amide bonds. The monoisotopic (exact) mass is 236 g/mol. The van der Waals surface area contributed by atoms with E-state index in [0.717, 1.165) is 24.7 Å². The van der Waals surface area contributed by atoms with Crippen molar-refractivity contribution in [3.05, 3.63) is 11.9 Å². The van der Waals surface area contributed by atoms with E-state index in [9.17, 15) is 0 Å². The maximum Gasteiger partial charge on any atom is 0.0965 e. The van der Waals surface area contributed by atoms with E-state index in [1.54, 1.807) is 0 Å². The van der Waals surface area contributed by atoms with Gasteiger partial charge in [-0.25, -0.2) is 4.68 Å². The molecule has 1 heterocycles. The van der Waals surface area contributed by atoms with Crippen molar-refractivity contribution in [2.75, 3.05) is 6.54 Å². The SMILES string of the molecule is CC(C)(C)n1cc(CNCCC2CCC2)nn1. The minimum atomic E-state index is 0.0250. The van der Waals surface area contributed by atoms with Crippen LogP contribution >= 0.6 is 0 Å². The van der Waals surface area contributed by atoms with Gasteiger partial charge in [-0.3, -0.25) is 0 Å². The normalized spacial score (nSPS) is 17.1. The molecule has 0 aliphatic heterocycles. The van der Waals surface area contributed by atoms with Crippen LogP contribution in [0.2, 0.25) is 0 Å². The average molecular weight is 236 g/mol. The van der Waals surface area contributed by atoms with Gasteiger partial charge in [-0.05, 0) is 39.7 Å². The molecule has 1 saturated carbocycles. The van der Waals surface area contributed by atoms with Crippen LogP contribution in [0.25, 0.3) is 0 Å². The van der Waals surface area contributed by atoms with Gasteiger partial charge in [0.25, 0.3) is 0 Å². The van der Waals surface area contributed by atoms with Crippen molar-refractivity contribution in [1.29, 1.82) is 0 Å². The number of nitrogens with zero attached hydrogens (tertiary/aromatic N) is 3. The summed E-state index contributed by atoms with van der Waals surface area (Å²) in [6.45, 7) is 8.34. The summed E-state index contributed by atoms with van der Waals surface area (Å²) in [4.78, 5) is 0. The standard InChI is InChI=1S/C13H24N4/c1-13(2,3)17-10-12(15-16-17)9-14-8-7-11-5-4-6-11/h10-11,14H,4-9H2,1-3H3. The highest BCUT2D eigenvalue weighted by Crippen LogP contribution is 2.28. The van der Waals surface area contributed by atoms with Gasteiger partial charge < -0.3 is 5.32 Å². The molecular weight excluding hydrogens is 212 g/mol. The Morgan fingerprint density at radius 2 is 2.18 bits per heavy atom. The van der Waals surface area contributed by atoms with Crippen LogP contribution < -0.4 is 5.32 Å². The second-order valence-corrected chi connectivity index (χ2v) is 6.09. The van der Waals surface area contributed by atoms with Gasteiger partial charge in [0, 0.05) is 6.54 Å². The van der Waals surface area contributed by atoms with E-state index in [4.69, 9.17) is 0 Å². The molecule has 0 aromatic carbocycles. The lowest BCUT2D eigenvalue weighted by molar-refractivity contribution is 0.292. The molecule has 1 aromatic rings. The predicted octanol–water partition coefficient (Wildman–Crippen LogP) is 2.31. The first-order valence-electron chi connectivity index (χ1n) is 6.68. The second kappa shape index (κ2) is 5.17. The maximum atomic E-state index is 4.18. The fourth-order valence-corrected chi connectivity index (χ4v) is 2.01. The number of hydrogen-bond donors (Lipinski definition) is 1. The van der Waals surface area contributed by atoms with E-state index in [1.807, 2.05) is 10.9 Å². The van der Waals surface area contributed by atoms with Crippen LogP contribution in [0.15, 0.2) is 6.20 Å². The maximum absolute atomic E-state index is 4.18. The zero-order valence-electron chi connectivity index (χ0n) is 11.2. The molecular formula is C13H24N4. The van der Waals surface area contributed by atoms with Gasteiger partial charge in [0.15, 0.2) is 0 Å². The van der Waals surface area contributed by atoms with E-state index in [1.165, 1.54) is 25.7 Å². The molecule has 1 aliphatic rings. The van der Waals surface area contributed by atoms with Gasteiger partial charge in [0.2, 0.25) is 0 Å². The summed E-state index contributed by atoms with van der Waals surface area (Å²) in [5.41, 5.74) is 1.06. The lowest BCUT2D eigenvalue weighted by atomic mass is 9.83. The summed E-state index contributed by atoms with van der Waals surface area (Å²) in [7, 11) is 0. The fourth-order valence-electron chi connectivity index (χ4n) is 2.01. The molecule has 0 spiro atoms. The van der Waals surface area contributed by atoms with E-state index in [2.05, 4.69) is 36.4 Å². The molecule has 96 valence electrons. The molecule has 0 radical (unpaired) electrons. The first-order chi connectivity index (χ1) is 8.05. The van der Waals surface area contributed by atoms with Gasteiger partial charge in [0.1, 0.15) is 0 Å². The lowest BCUT2D eigenvalue weighted by Crippen LogP contribution is -2.22. The Balaban J connectivity index is 1.69. The van der Waals surface area contributed by atoms with E-state index in [0.29, 0.717) is 0 Å². The van der Waals surface area contributed by atoms with E-state index < -0.39 is 0 Å². The summed E-state index contributed by atoms with van der Waals surface area (Å²) >= 11 is 0. The predicted molar refractivity (Wildman–Crippen MR) is 68.7 cm³/mol. The third kappa shape index (κ3) is 3.53. The molecule has 4 nitrogen and oxygen atoms in total. The highest BCUT2D eigenvalue weighted by atomic mass is 15.4. The minimum Gasteiger partial charge on any atom is -0.311 e. The first kappa shape index (κ1) is 12.6. The molecule has 1 N–H and O–H groups in total. The number of hydrogen-bond acceptors (Lipinski definition) is 3. The molecule has 17 heavy (non-hydrogen) atoms. The van der Waals surface area contributed by atoms with E-state index >= 15 is 0 Å². The number of aromatic nitrogens is 3. The topological polar surface area (TPSA) is 42.7 Å². The van der Waals surface area contributed by atoms with Crippen LogP contribution in [0.3, 0.4) is 0 Å². The minimum absolute atomic E-state index is 0.0250. The van der Waals surface area contributed by atoms with Gasteiger partial charge in [-0.1, -0.05) is 24.5 Å². The van der Waals surface area contributed by atoms with Gasteiger partial charge >= 0.3 is 0 Å². The van der Waals surface area contributed by atoms with Crippen LogP contribution in [-0.4, -0.2) is 21.5 Å². The fraction of sp³-hybridized carbons (Fsp3) is 0.846. The second-order valence-electron chi connectivity index (χ2n) is 6.09. The Hall–Kier alpha value is -0.900. The van der Waals surface area contributed by atoms with Crippen LogP contribution in [-0.2, 0) is 12.1 Å². The Bertz CT molecular complexity index is 347. The molecule has 0 unspecified atom stereocenters. The van der Waals surface area contributed by atoms with Crippen molar-refractivity contribution in [2.24, 2.45) is 5.92 Å². The summed E-state index contributed by atoms with van der Waals surface area (Å²) in [5.74, 6) is 0.979. The van der Waals surface area contributed by atoms with Crippen LogP contribution in [0.5, 0.6) is 0 Å². The Morgan fingerprint density at radius 3 is 2.71 bits per heavy atom. The Morgan fingerprint density at radius 1 is 1.41 bits per heavy atom. The van der Waals surface area contributed by atoms with Gasteiger partial charge in [-0.2, -0.15) is 0 Å². The van der Waals surface area contributed by atoms with Crippen molar-refractivity contribution in [3.63, 3.8) is 0 Å². The zero-order chi connectivity index (χ0) is 12.3. The smallest absolute Gasteiger partial charge is 0.0965 e. The molecule has 0 bridgehead atoms. The largest absolute Gasteiger partial charge is 0.311 e. The highest BCUT2D eigenvalue weighted by molar-refractivity contribution is 4.94. The third-order valence-electron chi connectivity index (χ3n) is 3.49. The first-order valence-corrected chi connectivity index (χ1v) is 6.68. The zero-order valence-corrected chi connectivity index (χ0v) is 11.2. The Labute approximate surface area is 104 Å². The van der Waals surface area contributed by atoms with Crippen molar-refractivity contribution in [3.8, 4) is 0 Å². The summed E-state index contributed by atoms with van der Waals surface area (Å²) < 4.78 is 1.93. The van der Waals surface area contributed by atoms with Crippen molar-refractivity contribution in [1.82, 2.24) is 20.3 Å². The van der Waals surface area contributed by atoms with Crippen LogP contribution in [0.4, 0.5) is 0 Å². The molecule has 1 fully saturated rings. The van der Waals surface area contributed by atoms with Gasteiger partial charge in [-0.15, -0.1) is 5.10 Å². The third-order valence-corrected chi connectivity index (χ3v) is 3.49. The number of nitrogens with one attached hydrogen (secondary N) is 1. The summed E-state index contributed by atoms with van der Waals surface area (Å²) in [5, 5.41) is 11.8. The van der Waals surface area contributed by atoms with Crippen LogP contribution in [0, 0.1) is 5.92 Å². The quantitative estimate of drug-likeness (QED) is 0.798. The molecule has 1 aliphatic carbocycles. The van der Waals surface area contributed by atoms with Crippen molar-refractivity contribution < 1.29 is 0 Å². The summed E-state index contributed by atoms with van der Waals surface area (Å²) in [6.07, 6.45) is 7.65. The number of rotatable bonds is 5. The van der Waals surface area contributed by atoms with E-state index in [-0.39, 0.29) is 5.54 Å². The molecule has 0 atom stereocenters. The molecule has 0 saturated heterocycles. The Kier molecular flexibility index (Phi) is 3.82. The lowest BCUT2D eigenvalue weighted by Gasteiger charge is -2.25. The van der Waals surface area contributed by atoms with Crippen LogP contribution in [0.1, 0.15) is 52.1 Å². The van der Waals surface area contributed by atoms with Crippen molar-refractivity contribution >= 4 is 0 Å². The molecule has 4 heteroatoms. The molecule has 2 rings (SSSR count). The van der Waals surface area contributed by atoms with Crippen molar-refractivity contribution in [2.45, 2.75) is 58.5 Å².